The number of hydrogen-bond acceptors (Lipinski definition) is 6. The highest BCUT2D eigenvalue weighted by molar-refractivity contribution is 6.09. The van der Waals surface area contributed by atoms with Crippen molar-refractivity contribution in [3.8, 4) is 0 Å². The molecule has 2 aromatic rings. The average molecular weight is 457 g/mol. The van der Waals surface area contributed by atoms with Gasteiger partial charge < -0.3 is 14.4 Å². The fourth-order valence-electron chi connectivity index (χ4n) is 4.13. The van der Waals surface area contributed by atoms with Crippen molar-refractivity contribution in [2.45, 2.75) is 59.0 Å². The Morgan fingerprint density at radius 3 is 2.45 bits per heavy atom. The van der Waals surface area contributed by atoms with Crippen LogP contribution in [-0.4, -0.2) is 42.1 Å². The molecule has 0 bridgehead atoms. The van der Waals surface area contributed by atoms with E-state index in [-0.39, 0.29) is 30.8 Å². The van der Waals surface area contributed by atoms with Crippen LogP contribution < -0.4 is 4.90 Å². The smallest absolute Gasteiger partial charge is 0.359 e. The molecule has 1 aliphatic rings. The second-order valence-corrected chi connectivity index (χ2v) is 8.96. The van der Waals surface area contributed by atoms with Crippen molar-refractivity contribution in [1.82, 2.24) is 4.98 Å². The number of hydrogen-bond donors (Lipinski definition) is 0. The molecule has 0 unspecified atom stereocenters. The molecule has 0 spiro atoms. The number of ether oxygens (including phenoxy) is 2. The van der Waals surface area contributed by atoms with Gasteiger partial charge in [0.15, 0.2) is 5.69 Å². The van der Waals surface area contributed by atoms with Gasteiger partial charge in [-0.2, -0.15) is 0 Å². The minimum absolute atomic E-state index is 0.0318. The zero-order valence-electron chi connectivity index (χ0n) is 19.6. The van der Waals surface area contributed by atoms with Crippen molar-refractivity contribution < 1.29 is 28.2 Å². The van der Waals surface area contributed by atoms with Gasteiger partial charge in [-0.25, -0.2) is 14.2 Å². The molecule has 2 heterocycles. The number of fused-ring (bicyclic) bond motifs is 1. The van der Waals surface area contributed by atoms with E-state index < -0.39 is 29.7 Å². The van der Waals surface area contributed by atoms with E-state index >= 15 is 0 Å². The summed E-state index contributed by atoms with van der Waals surface area (Å²) in [5.41, 5.74) is 2.34. The van der Waals surface area contributed by atoms with Crippen LogP contribution in [0.1, 0.15) is 68.2 Å². The molecule has 0 aliphatic carbocycles. The fraction of sp³-hybridized carbons (Fsp3) is 0.440. The van der Waals surface area contributed by atoms with Crippen molar-refractivity contribution in [2.75, 3.05) is 18.1 Å². The van der Waals surface area contributed by atoms with Gasteiger partial charge in [0.25, 0.3) is 0 Å². The number of nitrogens with zero attached hydrogens (tertiary/aromatic N) is 2. The van der Waals surface area contributed by atoms with Gasteiger partial charge in [0.1, 0.15) is 12.2 Å². The number of esters is 2. The third kappa shape index (κ3) is 5.38. The number of amides is 1. The first-order chi connectivity index (χ1) is 15.5. The zero-order valence-corrected chi connectivity index (χ0v) is 19.6. The lowest BCUT2D eigenvalue weighted by Gasteiger charge is -2.21. The van der Waals surface area contributed by atoms with Crippen molar-refractivity contribution >= 4 is 23.5 Å². The van der Waals surface area contributed by atoms with Gasteiger partial charge in [-0.1, -0.05) is 26.0 Å². The molecule has 1 amide bonds. The van der Waals surface area contributed by atoms with Crippen molar-refractivity contribution in [3.63, 3.8) is 0 Å². The quantitative estimate of drug-likeness (QED) is 0.463. The van der Waals surface area contributed by atoms with Crippen LogP contribution in [0.2, 0.25) is 0 Å². The molecule has 0 N–H and O–H groups in total. The molecular weight excluding hydrogens is 427 g/mol. The molecule has 7 nitrogen and oxygen atoms in total. The van der Waals surface area contributed by atoms with Crippen LogP contribution in [0.3, 0.4) is 0 Å². The summed E-state index contributed by atoms with van der Waals surface area (Å²) in [6, 6.07) is 6.15. The Morgan fingerprint density at radius 1 is 1.18 bits per heavy atom. The molecule has 1 aliphatic heterocycles. The summed E-state index contributed by atoms with van der Waals surface area (Å²) < 4.78 is 23.7. The maximum Gasteiger partial charge on any atom is 0.359 e. The highest BCUT2D eigenvalue weighted by atomic mass is 19.1. The Bertz CT molecular complexity index is 1060. The summed E-state index contributed by atoms with van der Waals surface area (Å²) >= 11 is 0. The lowest BCUT2D eigenvalue weighted by atomic mass is 9.82. The number of benzene rings is 1. The van der Waals surface area contributed by atoms with Crippen LogP contribution in [0.15, 0.2) is 30.5 Å². The standard InChI is InChI=1S/C25H29FN2O5/c1-6-32-20(30)12-19(29)28-14-25(4,5)21-17(11-16-7-9-18(26)10-8-16)13-27-22(23(21)28)24(31)33-15(2)3/h7-10,13,15H,6,11-12,14H2,1-5H3. The number of aromatic nitrogens is 1. The second kappa shape index (κ2) is 9.68. The van der Waals surface area contributed by atoms with Crippen molar-refractivity contribution in [2.24, 2.45) is 0 Å². The van der Waals surface area contributed by atoms with Crippen LogP contribution in [0, 0.1) is 5.82 Å². The lowest BCUT2D eigenvalue weighted by Crippen LogP contribution is -2.36. The summed E-state index contributed by atoms with van der Waals surface area (Å²) in [7, 11) is 0. The van der Waals surface area contributed by atoms with Crippen LogP contribution in [0.5, 0.6) is 0 Å². The molecular formula is C25H29FN2O5. The molecule has 33 heavy (non-hydrogen) atoms. The predicted octanol–water partition coefficient (Wildman–Crippen LogP) is 3.95. The maximum absolute atomic E-state index is 13.4. The summed E-state index contributed by atoms with van der Waals surface area (Å²) in [6.07, 6.45) is 1.25. The van der Waals surface area contributed by atoms with Gasteiger partial charge in [-0.15, -0.1) is 0 Å². The molecule has 1 aromatic carbocycles. The van der Waals surface area contributed by atoms with E-state index in [0.29, 0.717) is 12.1 Å². The summed E-state index contributed by atoms with van der Waals surface area (Å²) in [6.45, 7) is 9.50. The number of halogens is 1. The van der Waals surface area contributed by atoms with Crippen LogP contribution in [-0.2, 0) is 30.9 Å². The lowest BCUT2D eigenvalue weighted by molar-refractivity contribution is -0.145. The number of anilines is 1. The molecule has 8 heteroatoms. The SMILES string of the molecule is CCOC(=O)CC(=O)N1CC(C)(C)c2c(Cc3ccc(F)cc3)cnc(C(=O)OC(C)C)c21. The number of carbonyl (C=O) groups is 3. The van der Waals surface area contributed by atoms with Gasteiger partial charge >= 0.3 is 11.9 Å². The van der Waals surface area contributed by atoms with Crippen molar-refractivity contribution in [3.05, 3.63) is 58.7 Å². The van der Waals surface area contributed by atoms with E-state index in [9.17, 15) is 18.8 Å². The number of pyridine rings is 1. The van der Waals surface area contributed by atoms with E-state index in [2.05, 4.69) is 4.98 Å². The van der Waals surface area contributed by atoms with Crippen LogP contribution in [0.25, 0.3) is 0 Å². The highest BCUT2D eigenvalue weighted by Crippen LogP contribution is 2.45. The molecule has 3 rings (SSSR count). The molecule has 1 aromatic heterocycles. The Morgan fingerprint density at radius 2 is 1.85 bits per heavy atom. The van der Waals surface area contributed by atoms with E-state index in [1.807, 2.05) is 13.8 Å². The monoisotopic (exact) mass is 456 g/mol. The summed E-state index contributed by atoms with van der Waals surface area (Å²) in [5, 5.41) is 0. The first kappa shape index (κ1) is 24.4. The van der Waals surface area contributed by atoms with E-state index in [0.717, 1.165) is 16.7 Å². The largest absolute Gasteiger partial charge is 0.466 e. The fourth-order valence-corrected chi connectivity index (χ4v) is 4.13. The van der Waals surface area contributed by atoms with E-state index in [1.54, 1.807) is 39.1 Å². The third-order valence-electron chi connectivity index (χ3n) is 5.38. The van der Waals surface area contributed by atoms with Gasteiger partial charge in [-0.3, -0.25) is 9.59 Å². The van der Waals surface area contributed by atoms with Gasteiger partial charge in [0.2, 0.25) is 5.91 Å². The summed E-state index contributed by atoms with van der Waals surface area (Å²) in [4.78, 5) is 43.7. The molecule has 176 valence electrons. The number of rotatable bonds is 7. The second-order valence-electron chi connectivity index (χ2n) is 8.96. The Labute approximate surface area is 192 Å². The van der Waals surface area contributed by atoms with Gasteiger partial charge in [0.05, 0.1) is 18.4 Å². The summed E-state index contributed by atoms with van der Waals surface area (Å²) in [5.74, 6) is -2.07. The first-order valence-electron chi connectivity index (χ1n) is 11.0. The minimum atomic E-state index is -0.638. The molecule has 0 saturated heterocycles. The first-order valence-corrected chi connectivity index (χ1v) is 11.0. The molecule has 0 radical (unpaired) electrons. The van der Waals surface area contributed by atoms with Gasteiger partial charge in [-0.05, 0) is 56.0 Å². The Balaban J connectivity index is 2.10. The molecule has 0 saturated carbocycles. The average Bonchev–Trinajstić information content (AvgIpc) is 3.01. The Hall–Kier alpha value is -3.29. The topological polar surface area (TPSA) is 85.8 Å². The van der Waals surface area contributed by atoms with Crippen LogP contribution in [0.4, 0.5) is 10.1 Å². The van der Waals surface area contributed by atoms with E-state index in [4.69, 9.17) is 9.47 Å². The van der Waals surface area contributed by atoms with Gasteiger partial charge in [0, 0.05) is 18.2 Å². The maximum atomic E-state index is 13.4. The normalized spacial score (nSPS) is 14.2. The predicted molar refractivity (Wildman–Crippen MR) is 121 cm³/mol. The number of carbonyl (C=O) groups excluding carboxylic acids is 3. The third-order valence-corrected chi connectivity index (χ3v) is 5.38. The molecule has 0 fully saturated rings. The zero-order chi connectivity index (χ0) is 24.3. The minimum Gasteiger partial charge on any atom is -0.466 e. The molecule has 0 atom stereocenters. The van der Waals surface area contributed by atoms with Crippen molar-refractivity contribution in [1.29, 1.82) is 0 Å². The van der Waals surface area contributed by atoms with Crippen LogP contribution >= 0.6 is 0 Å². The van der Waals surface area contributed by atoms with E-state index in [1.165, 1.54) is 17.0 Å². The Kier molecular flexibility index (Phi) is 7.15. The highest BCUT2D eigenvalue weighted by Gasteiger charge is 2.43.